The molecule has 2 N–H and O–H groups in total. The van der Waals surface area contributed by atoms with Crippen LogP contribution in [0.25, 0.3) is 10.8 Å². The van der Waals surface area contributed by atoms with E-state index in [-0.39, 0.29) is 6.61 Å². The minimum atomic E-state index is 0.185. The lowest BCUT2D eigenvalue weighted by atomic mass is 10.1. The summed E-state index contributed by atoms with van der Waals surface area (Å²) in [6.45, 7) is 6.17. The van der Waals surface area contributed by atoms with Crippen molar-refractivity contribution in [1.29, 1.82) is 0 Å². The van der Waals surface area contributed by atoms with E-state index in [1.165, 1.54) is 0 Å². The quantitative estimate of drug-likeness (QED) is 0.432. The third-order valence-corrected chi connectivity index (χ3v) is 5.89. The Kier molecular flexibility index (Phi) is 6.51. The Morgan fingerprint density at radius 3 is 2.44 bits per heavy atom. The molecule has 0 saturated carbocycles. The summed E-state index contributed by atoms with van der Waals surface area (Å²) in [5.74, 6) is 3.45. The van der Waals surface area contributed by atoms with Gasteiger partial charge in [-0.15, -0.1) is 0 Å². The van der Waals surface area contributed by atoms with Gasteiger partial charge in [-0.05, 0) is 42.6 Å². The van der Waals surface area contributed by atoms with Crippen LogP contribution in [0.15, 0.2) is 66.7 Å². The number of piperazine rings is 1. The molecule has 1 saturated heterocycles. The number of hydrogen-bond donors (Lipinski definition) is 2. The molecule has 1 fully saturated rings. The van der Waals surface area contributed by atoms with E-state index < -0.39 is 0 Å². The highest BCUT2D eigenvalue weighted by Crippen LogP contribution is 2.30. The van der Waals surface area contributed by atoms with Gasteiger partial charge in [-0.2, -0.15) is 15.0 Å². The third-order valence-electron chi connectivity index (χ3n) is 5.89. The van der Waals surface area contributed by atoms with E-state index in [4.69, 9.17) is 9.84 Å². The normalized spacial score (nSPS) is 14.4. The van der Waals surface area contributed by atoms with Crippen LogP contribution < -0.4 is 15.0 Å². The van der Waals surface area contributed by atoms with Crippen LogP contribution in [0.4, 0.5) is 17.6 Å². The monoisotopic (exact) mass is 456 g/mol. The van der Waals surface area contributed by atoms with Crippen molar-refractivity contribution in [3.05, 3.63) is 72.6 Å². The molecule has 3 aromatic carbocycles. The SMILES string of the molecule is Cc1nc(Nc2ccc(Oc3cccc4ccccc34)cc2)nc(N2CCN(CCO)CC2)n1. The Balaban J connectivity index is 1.27. The Morgan fingerprint density at radius 1 is 0.882 bits per heavy atom. The average molecular weight is 457 g/mol. The smallest absolute Gasteiger partial charge is 0.232 e. The second-order valence-corrected chi connectivity index (χ2v) is 8.29. The molecule has 0 bridgehead atoms. The fraction of sp³-hybridized carbons (Fsp3) is 0.269. The number of anilines is 3. The predicted molar refractivity (Wildman–Crippen MR) is 134 cm³/mol. The van der Waals surface area contributed by atoms with Crippen molar-refractivity contribution in [2.75, 3.05) is 49.5 Å². The fourth-order valence-corrected chi connectivity index (χ4v) is 4.12. The topological polar surface area (TPSA) is 86.6 Å². The van der Waals surface area contributed by atoms with Gasteiger partial charge in [-0.3, -0.25) is 4.90 Å². The van der Waals surface area contributed by atoms with Gasteiger partial charge in [0.05, 0.1) is 6.61 Å². The van der Waals surface area contributed by atoms with Gasteiger partial charge >= 0.3 is 0 Å². The lowest BCUT2D eigenvalue weighted by Gasteiger charge is -2.34. The van der Waals surface area contributed by atoms with Gasteiger partial charge in [-0.25, -0.2) is 0 Å². The number of aliphatic hydroxyl groups is 1. The Labute approximate surface area is 198 Å². The zero-order chi connectivity index (χ0) is 23.3. The molecule has 0 radical (unpaired) electrons. The van der Waals surface area contributed by atoms with E-state index in [9.17, 15) is 0 Å². The molecule has 1 aromatic heterocycles. The van der Waals surface area contributed by atoms with E-state index >= 15 is 0 Å². The zero-order valence-electron chi connectivity index (χ0n) is 19.2. The number of fused-ring (bicyclic) bond motifs is 1. The van der Waals surface area contributed by atoms with Gasteiger partial charge in [-0.1, -0.05) is 36.4 Å². The molecule has 4 aromatic rings. The summed E-state index contributed by atoms with van der Waals surface area (Å²) in [6, 6.07) is 22.0. The number of ether oxygens (including phenoxy) is 1. The maximum atomic E-state index is 9.14. The number of aromatic nitrogens is 3. The van der Waals surface area contributed by atoms with E-state index in [0.29, 0.717) is 24.3 Å². The van der Waals surface area contributed by atoms with Crippen LogP contribution in [0.3, 0.4) is 0 Å². The Hall–Kier alpha value is -3.75. The third kappa shape index (κ3) is 5.08. The van der Waals surface area contributed by atoms with Crippen molar-refractivity contribution in [1.82, 2.24) is 19.9 Å². The van der Waals surface area contributed by atoms with Gasteiger partial charge in [0.2, 0.25) is 11.9 Å². The first-order valence-electron chi connectivity index (χ1n) is 11.5. The number of nitrogens with one attached hydrogen (secondary N) is 1. The highest BCUT2D eigenvalue weighted by Gasteiger charge is 2.19. The van der Waals surface area contributed by atoms with Crippen LogP contribution in [-0.2, 0) is 0 Å². The first-order chi connectivity index (χ1) is 16.7. The van der Waals surface area contributed by atoms with Crippen molar-refractivity contribution in [2.45, 2.75) is 6.92 Å². The van der Waals surface area contributed by atoms with Gasteiger partial charge in [0.1, 0.15) is 17.3 Å². The van der Waals surface area contributed by atoms with Gasteiger partial charge in [0.25, 0.3) is 0 Å². The molecule has 0 amide bonds. The Morgan fingerprint density at radius 2 is 1.65 bits per heavy atom. The van der Waals surface area contributed by atoms with E-state index in [0.717, 1.165) is 54.1 Å². The van der Waals surface area contributed by atoms with Crippen LogP contribution in [0.1, 0.15) is 5.82 Å². The largest absolute Gasteiger partial charge is 0.457 e. The van der Waals surface area contributed by atoms with Crippen LogP contribution in [-0.4, -0.2) is 64.3 Å². The van der Waals surface area contributed by atoms with Crippen LogP contribution in [0, 0.1) is 6.92 Å². The first-order valence-corrected chi connectivity index (χ1v) is 11.5. The fourth-order valence-electron chi connectivity index (χ4n) is 4.12. The molecule has 0 unspecified atom stereocenters. The van der Waals surface area contributed by atoms with Crippen molar-refractivity contribution in [2.24, 2.45) is 0 Å². The molecule has 5 rings (SSSR count). The highest BCUT2D eigenvalue weighted by atomic mass is 16.5. The van der Waals surface area contributed by atoms with E-state index in [1.54, 1.807) is 0 Å². The molecule has 1 aliphatic heterocycles. The lowest BCUT2D eigenvalue weighted by Crippen LogP contribution is -2.47. The van der Waals surface area contributed by atoms with Gasteiger partial charge in [0.15, 0.2) is 0 Å². The molecular weight excluding hydrogens is 428 g/mol. The zero-order valence-corrected chi connectivity index (χ0v) is 19.2. The maximum absolute atomic E-state index is 9.14. The lowest BCUT2D eigenvalue weighted by molar-refractivity contribution is 0.188. The molecule has 174 valence electrons. The average Bonchev–Trinajstić information content (AvgIpc) is 2.86. The summed E-state index contributed by atoms with van der Waals surface area (Å²) >= 11 is 0. The molecule has 8 heteroatoms. The van der Waals surface area contributed by atoms with Gasteiger partial charge in [0, 0.05) is 43.8 Å². The van der Waals surface area contributed by atoms with Crippen LogP contribution >= 0.6 is 0 Å². The number of aryl methyl sites for hydroxylation is 1. The highest BCUT2D eigenvalue weighted by molar-refractivity contribution is 5.88. The summed E-state index contributed by atoms with van der Waals surface area (Å²) in [5.41, 5.74) is 0.870. The summed E-state index contributed by atoms with van der Waals surface area (Å²) in [6.07, 6.45) is 0. The summed E-state index contributed by atoms with van der Waals surface area (Å²) in [4.78, 5) is 18.0. The molecule has 2 heterocycles. The maximum Gasteiger partial charge on any atom is 0.232 e. The minimum absolute atomic E-state index is 0.185. The van der Waals surface area contributed by atoms with Crippen molar-refractivity contribution >= 4 is 28.4 Å². The number of β-amino-alcohol motifs (C(OH)–C–C–N with tert-alkyl or cyclic N) is 1. The van der Waals surface area contributed by atoms with Crippen molar-refractivity contribution in [3.63, 3.8) is 0 Å². The number of aliphatic hydroxyl groups excluding tert-OH is 1. The standard InChI is InChI=1S/C26H28N6O2/c1-19-27-25(30-26(28-19)32-15-13-31(14-16-32)17-18-33)29-21-9-11-22(12-10-21)34-24-8-4-6-20-5-2-3-7-23(20)24/h2-12,33H,13-18H2,1H3,(H,27,28,29,30). The molecule has 0 atom stereocenters. The first kappa shape index (κ1) is 22.1. The molecule has 34 heavy (non-hydrogen) atoms. The molecular formula is C26H28N6O2. The minimum Gasteiger partial charge on any atom is -0.457 e. The number of benzene rings is 3. The number of hydrogen-bond acceptors (Lipinski definition) is 8. The predicted octanol–water partition coefficient (Wildman–Crippen LogP) is 3.98. The number of nitrogens with zero attached hydrogens (tertiary/aromatic N) is 5. The summed E-state index contributed by atoms with van der Waals surface area (Å²) in [7, 11) is 0. The van der Waals surface area contributed by atoms with Gasteiger partial charge < -0.3 is 20.1 Å². The number of rotatable bonds is 7. The van der Waals surface area contributed by atoms with E-state index in [1.807, 2.05) is 55.5 Å². The second-order valence-electron chi connectivity index (χ2n) is 8.29. The molecule has 1 aliphatic rings. The van der Waals surface area contributed by atoms with Crippen molar-refractivity contribution in [3.8, 4) is 11.5 Å². The van der Waals surface area contributed by atoms with E-state index in [2.05, 4.69) is 48.3 Å². The summed E-state index contributed by atoms with van der Waals surface area (Å²) < 4.78 is 6.15. The second kappa shape index (κ2) is 10.0. The van der Waals surface area contributed by atoms with Crippen LogP contribution in [0.2, 0.25) is 0 Å². The molecule has 0 spiro atoms. The molecule has 0 aliphatic carbocycles. The van der Waals surface area contributed by atoms with Crippen molar-refractivity contribution < 1.29 is 9.84 Å². The summed E-state index contributed by atoms with van der Waals surface area (Å²) in [5, 5.41) is 14.7. The molecule has 8 nitrogen and oxygen atoms in total. The Bertz CT molecular complexity index is 1250. The van der Waals surface area contributed by atoms with Crippen LogP contribution in [0.5, 0.6) is 11.5 Å².